The topological polar surface area (TPSA) is 29.9 Å². The molecule has 2 aliphatic rings. The smallest absolute Gasteiger partial charge is 0.0630 e. The Labute approximate surface area is 129 Å². The standard InChI is InChI=1S/C18H31N3/c1-3-18(2,14-19-15-9-10-15)13-16-11-12-21(20-16)17-7-5-4-6-8-17/h11-12,15,17,19H,3-10,13-14H2,1-2H3. The van der Waals surface area contributed by atoms with Crippen molar-refractivity contribution < 1.29 is 0 Å². The number of nitrogens with one attached hydrogen (secondary N) is 1. The summed E-state index contributed by atoms with van der Waals surface area (Å²) < 4.78 is 2.25. The minimum atomic E-state index is 0.342. The third kappa shape index (κ3) is 4.09. The predicted molar refractivity (Wildman–Crippen MR) is 87.5 cm³/mol. The number of nitrogens with zero attached hydrogens (tertiary/aromatic N) is 2. The van der Waals surface area contributed by atoms with Gasteiger partial charge in [0.25, 0.3) is 0 Å². The average molecular weight is 289 g/mol. The Hall–Kier alpha value is -0.830. The van der Waals surface area contributed by atoms with Gasteiger partial charge in [-0.05, 0) is 50.0 Å². The molecule has 3 nitrogen and oxygen atoms in total. The molecule has 118 valence electrons. The summed E-state index contributed by atoms with van der Waals surface area (Å²) in [7, 11) is 0. The lowest BCUT2D eigenvalue weighted by Gasteiger charge is -2.28. The Morgan fingerprint density at radius 1 is 1.24 bits per heavy atom. The first-order chi connectivity index (χ1) is 10.2. The summed E-state index contributed by atoms with van der Waals surface area (Å²) in [6, 6.07) is 3.71. The van der Waals surface area contributed by atoms with Crippen molar-refractivity contribution in [3.8, 4) is 0 Å². The first-order valence-electron chi connectivity index (χ1n) is 8.96. The fourth-order valence-electron chi connectivity index (χ4n) is 3.45. The van der Waals surface area contributed by atoms with Gasteiger partial charge in [-0.2, -0.15) is 5.10 Å². The Morgan fingerprint density at radius 2 is 2.00 bits per heavy atom. The predicted octanol–water partition coefficient (Wildman–Crippen LogP) is 4.10. The van der Waals surface area contributed by atoms with Crippen molar-refractivity contribution in [2.45, 2.75) is 83.7 Å². The van der Waals surface area contributed by atoms with Gasteiger partial charge in [0.15, 0.2) is 0 Å². The zero-order valence-corrected chi connectivity index (χ0v) is 13.8. The quantitative estimate of drug-likeness (QED) is 0.819. The van der Waals surface area contributed by atoms with Gasteiger partial charge in [0, 0.05) is 18.8 Å². The lowest BCUT2D eigenvalue weighted by atomic mass is 9.82. The summed E-state index contributed by atoms with van der Waals surface area (Å²) in [5.74, 6) is 0. The SMILES string of the molecule is CCC(C)(CNC1CC1)Cc1ccn(C2CCCCC2)n1. The molecule has 1 N–H and O–H groups in total. The highest BCUT2D eigenvalue weighted by molar-refractivity contribution is 5.04. The molecular formula is C18H31N3. The van der Waals surface area contributed by atoms with Gasteiger partial charge in [0.1, 0.15) is 0 Å². The third-order valence-electron chi connectivity index (χ3n) is 5.47. The van der Waals surface area contributed by atoms with Gasteiger partial charge >= 0.3 is 0 Å². The van der Waals surface area contributed by atoms with Crippen molar-refractivity contribution in [2.75, 3.05) is 6.54 Å². The third-order valence-corrected chi connectivity index (χ3v) is 5.47. The van der Waals surface area contributed by atoms with Gasteiger partial charge in [-0.3, -0.25) is 4.68 Å². The second-order valence-electron chi connectivity index (χ2n) is 7.58. The van der Waals surface area contributed by atoms with Crippen LogP contribution in [-0.2, 0) is 6.42 Å². The lowest BCUT2D eigenvalue weighted by Crippen LogP contribution is -2.34. The molecular weight excluding hydrogens is 258 g/mol. The van der Waals surface area contributed by atoms with Gasteiger partial charge in [-0.1, -0.05) is 33.1 Å². The van der Waals surface area contributed by atoms with Crippen LogP contribution in [-0.4, -0.2) is 22.4 Å². The zero-order chi connectivity index (χ0) is 14.7. The second-order valence-corrected chi connectivity index (χ2v) is 7.58. The molecule has 1 atom stereocenters. The van der Waals surface area contributed by atoms with Gasteiger partial charge in [-0.25, -0.2) is 0 Å². The van der Waals surface area contributed by atoms with Crippen LogP contribution in [0.2, 0.25) is 0 Å². The largest absolute Gasteiger partial charge is 0.313 e. The van der Waals surface area contributed by atoms with Crippen molar-refractivity contribution in [3.63, 3.8) is 0 Å². The Bertz CT molecular complexity index is 443. The van der Waals surface area contributed by atoms with Crippen LogP contribution >= 0.6 is 0 Å². The summed E-state index contributed by atoms with van der Waals surface area (Å²) in [6.45, 7) is 5.85. The molecule has 1 aromatic heterocycles. The molecule has 0 aliphatic heterocycles. The fourth-order valence-corrected chi connectivity index (χ4v) is 3.45. The summed E-state index contributed by atoms with van der Waals surface area (Å²) >= 11 is 0. The molecule has 0 radical (unpaired) electrons. The van der Waals surface area contributed by atoms with Gasteiger partial charge < -0.3 is 5.32 Å². The van der Waals surface area contributed by atoms with Crippen LogP contribution in [0.15, 0.2) is 12.3 Å². The van der Waals surface area contributed by atoms with E-state index in [2.05, 4.69) is 36.1 Å². The molecule has 0 spiro atoms. The molecule has 3 heteroatoms. The van der Waals surface area contributed by atoms with Crippen molar-refractivity contribution in [1.29, 1.82) is 0 Å². The molecule has 0 bridgehead atoms. The Balaban J connectivity index is 1.58. The summed E-state index contributed by atoms with van der Waals surface area (Å²) in [6.07, 6.45) is 14.1. The van der Waals surface area contributed by atoms with Crippen molar-refractivity contribution in [3.05, 3.63) is 18.0 Å². The minimum Gasteiger partial charge on any atom is -0.313 e. The van der Waals surface area contributed by atoms with Crippen LogP contribution in [0.3, 0.4) is 0 Å². The van der Waals surface area contributed by atoms with Crippen LogP contribution in [0.1, 0.15) is 76.9 Å². The molecule has 2 saturated carbocycles. The highest BCUT2D eigenvalue weighted by atomic mass is 15.3. The van der Waals surface area contributed by atoms with Gasteiger partial charge in [-0.15, -0.1) is 0 Å². The molecule has 1 aromatic rings. The maximum atomic E-state index is 4.90. The fraction of sp³-hybridized carbons (Fsp3) is 0.833. The highest BCUT2D eigenvalue weighted by Gasteiger charge is 2.28. The molecule has 21 heavy (non-hydrogen) atoms. The van der Waals surface area contributed by atoms with Crippen molar-refractivity contribution in [2.24, 2.45) is 5.41 Å². The normalized spacial score (nSPS) is 23.1. The summed E-state index contributed by atoms with van der Waals surface area (Å²) in [5.41, 5.74) is 1.62. The minimum absolute atomic E-state index is 0.342. The molecule has 2 aliphatic carbocycles. The summed E-state index contributed by atoms with van der Waals surface area (Å²) in [5, 5.41) is 8.60. The maximum absolute atomic E-state index is 4.90. The van der Waals surface area contributed by atoms with Crippen molar-refractivity contribution in [1.82, 2.24) is 15.1 Å². The highest BCUT2D eigenvalue weighted by Crippen LogP contribution is 2.30. The second kappa shape index (κ2) is 6.51. The first-order valence-corrected chi connectivity index (χ1v) is 8.96. The molecule has 2 fully saturated rings. The van der Waals surface area contributed by atoms with E-state index in [1.54, 1.807) is 0 Å². The van der Waals surface area contributed by atoms with E-state index in [1.807, 2.05) is 0 Å². The average Bonchev–Trinajstić information content (AvgIpc) is 3.25. The van der Waals surface area contributed by atoms with E-state index in [4.69, 9.17) is 5.10 Å². The van der Waals surface area contributed by atoms with Crippen LogP contribution in [0.4, 0.5) is 0 Å². The maximum Gasteiger partial charge on any atom is 0.0630 e. The monoisotopic (exact) mass is 289 g/mol. The number of hydrogen-bond acceptors (Lipinski definition) is 2. The van der Waals surface area contributed by atoms with Crippen LogP contribution in [0.25, 0.3) is 0 Å². The number of rotatable bonds is 7. The number of hydrogen-bond donors (Lipinski definition) is 1. The van der Waals surface area contributed by atoms with Crippen LogP contribution in [0.5, 0.6) is 0 Å². The molecule has 0 amide bonds. The van der Waals surface area contributed by atoms with E-state index in [0.717, 1.165) is 19.0 Å². The molecule has 0 aromatic carbocycles. The zero-order valence-electron chi connectivity index (χ0n) is 13.8. The van der Waals surface area contributed by atoms with E-state index in [-0.39, 0.29) is 0 Å². The molecule has 0 saturated heterocycles. The molecule has 1 heterocycles. The van der Waals surface area contributed by atoms with Crippen molar-refractivity contribution >= 4 is 0 Å². The van der Waals surface area contributed by atoms with E-state index >= 15 is 0 Å². The van der Waals surface area contributed by atoms with Crippen LogP contribution < -0.4 is 5.32 Å². The van der Waals surface area contributed by atoms with E-state index in [9.17, 15) is 0 Å². The van der Waals surface area contributed by atoms with Crippen LogP contribution in [0, 0.1) is 5.41 Å². The van der Waals surface area contributed by atoms with Gasteiger partial charge in [0.05, 0.1) is 11.7 Å². The van der Waals surface area contributed by atoms with E-state index in [1.165, 1.54) is 57.1 Å². The number of aromatic nitrogens is 2. The van der Waals surface area contributed by atoms with E-state index < -0.39 is 0 Å². The molecule has 1 unspecified atom stereocenters. The van der Waals surface area contributed by atoms with Gasteiger partial charge in [0.2, 0.25) is 0 Å². The Kier molecular flexibility index (Phi) is 4.68. The molecule has 3 rings (SSSR count). The first kappa shape index (κ1) is 15.1. The Morgan fingerprint density at radius 3 is 2.67 bits per heavy atom. The summed E-state index contributed by atoms with van der Waals surface area (Å²) in [4.78, 5) is 0. The van der Waals surface area contributed by atoms with E-state index in [0.29, 0.717) is 11.5 Å². The lowest BCUT2D eigenvalue weighted by molar-refractivity contribution is 0.282.